The molecule has 2 unspecified atom stereocenters. The smallest absolute Gasteiger partial charge is 0.250 e. The first-order valence-corrected chi connectivity index (χ1v) is 14.7. The number of hydrogen-bond acceptors (Lipinski definition) is 6. The highest BCUT2D eigenvalue weighted by molar-refractivity contribution is 6.06. The fraction of sp³-hybridized carbons (Fsp3) is 0.424. The standard InChI is InChI=1S/C33H37N3O6/c1-4-24(19-37)36-28(30(39)35-23-11-10-20-8-6-7-9-21(20)18-23)33-17-16-32(3,42-33)26(27(33)31(36)40)29(38)34-22-12-14-25(15-13-22)41-5-2/h6-15,18,24,26-28,37H,4-5,16-17,19H2,1-3H3,(H,34,38)(H,35,39)/t24-,26-,27-,28?,32+,33?/m0/s1. The quantitative estimate of drug-likeness (QED) is 0.352. The van der Waals surface area contributed by atoms with Crippen LogP contribution in [0.4, 0.5) is 11.4 Å². The van der Waals surface area contributed by atoms with Crippen molar-refractivity contribution in [1.82, 2.24) is 4.90 Å². The molecular formula is C33H37N3O6. The van der Waals surface area contributed by atoms with Crippen molar-refractivity contribution >= 4 is 39.9 Å². The number of nitrogens with one attached hydrogen (secondary N) is 2. The van der Waals surface area contributed by atoms with Crippen molar-refractivity contribution in [2.24, 2.45) is 11.8 Å². The molecule has 3 aliphatic heterocycles. The first-order chi connectivity index (χ1) is 20.2. The van der Waals surface area contributed by atoms with E-state index in [1.807, 2.05) is 63.2 Å². The number of nitrogens with zero attached hydrogens (tertiary/aromatic N) is 1. The molecule has 6 atom stereocenters. The number of likely N-dealkylation sites (tertiary alicyclic amines) is 1. The molecule has 0 aromatic heterocycles. The minimum Gasteiger partial charge on any atom is -0.494 e. The number of amides is 3. The van der Waals surface area contributed by atoms with Gasteiger partial charge in [-0.05, 0) is 80.3 Å². The average Bonchev–Trinajstić information content (AvgIpc) is 3.55. The Hall–Kier alpha value is -3.95. The molecule has 3 heterocycles. The molecule has 3 aromatic carbocycles. The summed E-state index contributed by atoms with van der Waals surface area (Å²) in [6.07, 6.45) is 1.44. The van der Waals surface area contributed by atoms with Gasteiger partial charge in [-0.3, -0.25) is 14.4 Å². The molecule has 0 radical (unpaired) electrons. The zero-order valence-corrected chi connectivity index (χ0v) is 24.1. The lowest BCUT2D eigenvalue weighted by atomic mass is 9.66. The Balaban J connectivity index is 1.33. The summed E-state index contributed by atoms with van der Waals surface area (Å²) in [6, 6.07) is 19.0. The van der Waals surface area contributed by atoms with Crippen molar-refractivity contribution in [3.63, 3.8) is 0 Å². The highest BCUT2D eigenvalue weighted by atomic mass is 16.5. The molecule has 3 aliphatic rings. The number of hydrogen-bond donors (Lipinski definition) is 3. The minimum atomic E-state index is -1.18. The van der Waals surface area contributed by atoms with Gasteiger partial charge in [0, 0.05) is 11.4 Å². The Bertz CT molecular complexity index is 1520. The zero-order chi connectivity index (χ0) is 29.6. The molecular weight excluding hydrogens is 534 g/mol. The second-order valence-electron chi connectivity index (χ2n) is 11.7. The molecule has 9 heteroatoms. The number of carbonyl (C=O) groups is 3. The summed E-state index contributed by atoms with van der Waals surface area (Å²) >= 11 is 0. The van der Waals surface area contributed by atoms with Crippen LogP contribution in [-0.2, 0) is 19.1 Å². The van der Waals surface area contributed by atoms with E-state index in [9.17, 15) is 19.5 Å². The molecule has 3 saturated heterocycles. The number of aliphatic hydroxyl groups is 1. The van der Waals surface area contributed by atoms with Crippen LogP contribution in [0.2, 0.25) is 0 Å². The van der Waals surface area contributed by atoms with Crippen LogP contribution in [0.25, 0.3) is 10.8 Å². The molecule has 1 spiro atoms. The number of fused-ring (bicyclic) bond motifs is 2. The van der Waals surface area contributed by atoms with Gasteiger partial charge < -0.3 is 30.1 Å². The van der Waals surface area contributed by atoms with Crippen LogP contribution in [0, 0.1) is 11.8 Å². The van der Waals surface area contributed by atoms with Crippen LogP contribution >= 0.6 is 0 Å². The third kappa shape index (κ3) is 4.42. The molecule has 2 bridgehead atoms. The Morgan fingerprint density at radius 3 is 2.38 bits per heavy atom. The van der Waals surface area contributed by atoms with Gasteiger partial charge in [-0.15, -0.1) is 0 Å². The van der Waals surface area contributed by atoms with E-state index in [1.165, 1.54) is 4.90 Å². The summed E-state index contributed by atoms with van der Waals surface area (Å²) < 4.78 is 12.2. The molecule has 9 nitrogen and oxygen atoms in total. The van der Waals surface area contributed by atoms with E-state index in [0.717, 1.165) is 10.8 Å². The van der Waals surface area contributed by atoms with E-state index in [4.69, 9.17) is 9.47 Å². The molecule has 3 N–H and O–H groups in total. The second-order valence-corrected chi connectivity index (χ2v) is 11.7. The van der Waals surface area contributed by atoms with Gasteiger partial charge in [0.2, 0.25) is 17.7 Å². The van der Waals surface area contributed by atoms with E-state index in [2.05, 4.69) is 10.6 Å². The van der Waals surface area contributed by atoms with E-state index in [-0.39, 0.29) is 24.3 Å². The topological polar surface area (TPSA) is 117 Å². The summed E-state index contributed by atoms with van der Waals surface area (Å²) in [5, 5.41) is 18.3. The Morgan fingerprint density at radius 1 is 1.00 bits per heavy atom. The lowest BCUT2D eigenvalue weighted by Gasteiger charge is -2.36. The number of anilines is 2. The lowest BCUT2D eigenvalue weighted by Crippen LogP contribution is -2.56. The van der Waals surface area contributed by atoms with E-state index in [1.54, 1.807) is 24.3 Å². The molecule has 6 rings (SSSR count). The maximum absolute atomic E-state index is 14.3. The van der Waals surface area contributed by atoms with Crippen molar-refractivity contribution in [2.75, 3.05) is 23.8 Å². The first-order valence-electron chi connectivity index (χ1n) is 14.7. The monoisotopic (exact) mass is 571 g/mol. The highest BCUT2D eigenvalue weighted by Crippen LogP contribution is 2.63. The van der Waals surface area contributed by atoms with Gasteiger partial charge in [0.05, 0.1) is 36.7 Å². The first kappa shape index (κ1) is 28.2. The lowest BCUT2D eigenvalue weighted by molar-refractivity contribution is -0.146. The van der Waals surface area contributed by atoms with E-state index in [0.29, 0.717) is 43.0 Å². The van der Waals surface area contributed by atoms with Crippen LogP contribution in [0.1, 0.15) is 40.0 Å². The van der Waals surface area contributed by atoms with Crippen molar-refractivity contribution in [2.45, 2.75) is 63.3 Å². The predicted molar refractivity (Wildman–Crippen MR) is 159 cm³/mol. The fourth-order valence-electron chi connectivity index (χ4n) is 7.37. The average molecular weight is 572 g/mol. The van der Waals surface area contributed by atoms with Crippen LogP contribution in [0.5, 0.6) is 5.75 Å². The number of ether oxygens (including phenoxy) is 2. The van der Waals surface area contributed by atoms with Gasteiger partial charge in [0.15, 0.2) is 0 Å². The highest BCUT2D eigenvalue weighted by Gasteiger charge is 2.78. The SMILES string of the molecule is CCOc1ccc(NC(=O)[C@@H]2[C@H]3C(=O)N([C@@H](CC)CO)C(C(=O)Nc4ccc5ccccc5c4)C34CC[C@@]2(C)O4)cc1. The van der Waals surface area contributed by atoms with Gasteiger partial charge in [-0.25, -0.2) is 0 Å². The molecule has 3 amide bonds. The van der Waals surface area contributed by atoms with Crippen molar-refractivity contribution < 1.29 is 29.0 Å². The van der Waals surface area contributed by atoms with E-state index >= 15 is 0 Å². The number of aliphatic hydroxyl groups excluding tert-OH is 1. The van der Waals surface area contributed by atoms with Crippen LogP contribution in [0.15, 0.2) is 66.7 Å². The fourth-order valence-corrected chi connectivity index (χ4v) is 7.37. The predicted octanol–water partition coefficient (Wildman–Crippen LogP) is 4.35. The number of rotatable bonds is 9. The normalized spacial score (nSPS) is 28.5. The Kier molecular flexibility index (Phi) is 7.19. The third-order valence-electron chi connectivity index (χ3n) is 9.27. The largest absolute Gasteiger partial charge is 0.494 e. The van der Waals surface area contributed by atoms with Crippen molar-refractivity contribution in [1.29, 1.82) is 0 Å². The van der Waals surface area contributed by atoms with Gasteiger partial charge in [-0.2, -0.15) is 0 Å². The zero-order valence-electron chi connectivity index (χ0n) is 24.1. The van der Waals surface area contributed by atoms with Crippen molar-refractivity contribution in [3.05, 3.63) is 66.7 Å². The Labute approximate surface area is 245 Å². The van der Waals surface area contributed by atoms with E-state index < -0.39 is 35.1 Å². The Morgan fingerprint density at radius 2 is 1.69 bits per heavy atom. The number of carbonyl (C=O) groups excluding carboxylic acids is 3. The summed E-state index contributed by atoms with van der Waals surface area (Å²) in [5.74, 6) is -2.00. The molecule has 220 valence electrons. The van der Waals surface area contributed by atoms with Crippen LogP contribution in [0.3, 0.4) is 0 Å². The molecule has 3 fully saturated rings. The molecule has 0 aliphatic carbocycles. The van der Waals surface area contributed by atoms with Crippen LogP contribution in [-0.4, -0.2) is 64.2 Å². The van der Waals surface area contributed by atoms with Gasteiger partial charge >= 0.3 is 0 Å². The van der Waals surface area contributed by atoms with Gasteiger partial charge in [-0.1, -0.05) is 37.3 Å². The maximum atomic E-state index is 14.3. The molecule has 0 saturated carbocycles. The van der Waals surface area contributed by atoms with Crippen molar-refractivity contribution in [3.8, 4) is 5.75 Å². The summed E-state index contributed by atoms with van der Waals surface area (Å²) in [4.78, 5) is 43.8. The maximum Gasteiger partial charge on any atom is 0.250 e. The minimum absolute atomic E-state index is 0.300. The molecule has 3 aromatic rings. The second kappa shape index (κ2) is 10.7. The summed E-state index contributed by atoms with van der Waals surface area (Å²) in [5.41, 5.74) is -0.912. The summed E-state index contributed by atoms with van der Waals surface area (Å²) in [7, 11) is 0. The van der Waals surface area contributed by atoms with Gasteiger partial charge in [0.25, 0.3) is 0 Å². The van der Waals surface area contributed by atoms with Crippen LogP contribution < -0.4 is 15.4 Å². The molecule has 42 heavy (non-hydrogen) atoms. The van der Waals surface area contributed by atoms with Gasteiger partial charge in [0.1, 0.15) is 17.4 Å². The third-order valence-corrected chi connectivity index (χ3v) is 9.27. The summed E-state index contributed by atoms with van der Waals surface area (Å²) in [6.45, 7) is 5.87. The number of benzene rings is 3.